The number of anilines is 1. The van der Waals surface area contributed by atoms with Crippen molar-refractivity contribution >= 4 is 23.4 Å². The van der Waals surface area contributed by atoms with Gasteiger partial charge < -0.3 is 15.1 Å². The highest BCUT2D eigenvalue weighted by atomic mass is 16.2. The van der Waals surface area contributed by atoms with Crippen molar-refractivity contribution in [2.45, 2.75) is 45.6 Å². The summed E-state index contributed by atoms with van der Waals surface area (Å²) in [5.41, 5.74) is 1.40. The summed E-state index contributed by atoms with van der Waals surface area (Å²) in [6.07, 6.45) is 2.82. The monoisotopic (exact) mass is 357 g/mol. The number of hydrogen-bond acceptors (Lipinski definition) is 3. The zero-order valence-corrected chi connectivity index (χ0v) is 15.5. The van der Waals surface area contributed by atoms with Gasteiger partial charge in [0.25, 0.3) is 5.91 Å². The third kappa shape index (κ3) is 4.06. The molecule has 0 aromatic heterocycles. The summed E-state index contributed by atoms with van der Waals surface area (Å²) in [7, 11) is 0. The van der Waals surface area contributed by atoms with Gasteiger partial charge in [0.2, 0.25) is 11.8 Å². The van der Waals surface area contributed by atoms with E-state index >= 15 is 0 Å². The van der Waals surface area contributed by atoms with Gasteiger partial charge in [-0.15, -0.1) is 0 Å². The lowest BCUT2D eigenvalue weighted by Gasteiger charge is -2.32. The van der Waals surface area contributed by atoms with Crippen LogP contribution in [0.1, 0.15) is 49.9 Å². The Bertz CT molecular complexity index is 693. The Labute approximate surface area is 154 Å². The summed E-state index contributed by atoms with van der Waals surface area (Å²) >= 11 is 0. The molecule has 1 aromatic carbocycles. The third-order valence-electron chi connectivity index (χ3n) is 5.06. The zero-order valence-electron chi connectivity index (χ0n) is 15.5. The Hall–Kier alpha value is -2.37. The first kappa shape index (κ1) is 18.4. The largest absolute Gasteiger partial charge is 0.354 e. The van der Waals surface area contributed by atoms with E-state index < -0.39 is 0 Å². The highest BCUT2D eigenvalue weighted by molar-refractivity contribution is 5.99. The number of nitrogens with one attached hydrogen (secondary N) is 1. The standard InChI is InChI=1S/C20H27N3O3/c1-14(2)21-19(25)15-8-11-22(12-9-15)20(26)16-5-3-6-17(13-16)23-10-4-7-18(23)24/h3,5-6,13-15H,4,7-12H2,1-2H3,(H,21,25). The molecular weight excluding hydrogens is 330 g/mol. The topological polar surface area (TPSA) is 69.7 Å². The van der Waals surface area contributed by atoms with Crippen molar-refractivity contribution in [2.24, 2.45) is 5.92 Å². The van der Waals surface area contributed by atoms with Crippen molar-refractivity contribution < 1.29 is 14.4 Å². The summed E-state index contributed by atoms with van der Waals surface area (Å²) in [6, 6.07) is 7.45. The van der Waals surface area contributed by atoms with E-state index in [9.17, 15) is 14.4 Å². The van der Waals surface area contributed by atoms with Crippen molar-refractivity contribution in [3.8, 4) is 0 Å². The molecule has 2 fully saturated rings. The molecular formula is C20H27N3O3. The molecule has 1 aromatic rings. The van der Waals surface area contributed by atoms with E-state index in [1.165, 1.54) is 0 Å². The Balaban J connectivity index is 1.62. The molecule has 2 aliphatic heterocycles. The van der Waals surface area contributed by atoms with Gasteiger partial charge in [0, 0.05) is 49.3 Å². The smallest absolute Gasteiger partial charge is 0.253 e. The number of hydrogen-bond donors (Lipinski definition) is 1. The molecule has 3 rings (SSSR count). The van der Waals surface area contributed by atoms with Gasteiger partial charge in [-0.2, -0.15) is 0 Å². The molecule has 3 amide bonds. The van der Waals surface area contributed by atoms with Gasteiger partial charge >= 0.3 is 0 Å². The molecule has 2 aliphatic rings. The van der Waals surface area contributed by atoms with Crippen LogP contribution in [-0.4, -0.2) is 48.3 Å². The molecule has 26 heavy (non-hydrogen) atoms. The van der Waals surface area contributed by atoms with Gasteiger partial charge in [-0.25, -0.2) is 0 Å². The number of carbonyl (C=O) groups is 3. The molecule has 0 atom stereocenters. The second-order valence-corrected chi connectivity index (χ2v) is 7.43. The third-order valence-corrected chi connectivity index (χ3v) is 5.06. The molecule has 1 N–H and O–H groups in total. The van der Waals surface area contributed by atoms with E-state index in [0.29, 0.717) is 44.5 Å². The number of nitrogens with zero attached hydrogens (tertiary/aromatic N) is 2. The number of piperidine rings is 1. The lowest BCUT2D eigenvalue weighted by molar-refractivity contribution is -0.126. The van der Waals surface area contributed by atoms with Gasteiger partial charge in [0.05, 0.1) is 0 Å². The van der Waals surface area contributed by atoms with Crippen LogP contribution in [0.2, 0.25) is 0 Å². The van der Waals surface area contributed by atoms with Crippen LogP contribution in [0.5, 0.6) is 0 Å². The fourth-order valence-corrected chi connectivity index (χ4v) is 3.66. The number of likely N-dealkylation sites (tertiary alicyclic amines) is 1. The first-order chi connectivity index (χ1) is 12.5. The number of rotatable bonds is 4. The van der Waals surface area contributed by atoms with Crippen LogP contribution in [0.4, 0.5) is 5.69 Å². The number of carbonyl (C=O) groups excluding carboxylic acids is 3. The predicted molar refractivity (Wildman–Crippen MR) is 99.9 cm³/mol. The van der Waals surface area contributed by atoms with Crippen LogP contribution in [-0.2, 0) is 9.59 Å². The summed E-state index contributed by atoms with van der Waals surface area (Å²) in [5, 5.41) is 2.95. The van der Waals surface area contributed by atoms with E-state index in [4.69, 9.17) is 0 Å². The van der Waals surface area contributed by atoms with E-state index in [1.54, 1.807) is 11.0 Å². The van der Waals surface area contributed by atoms with Crippen LogP contribution < -0.4 is 10.2 Å². The summed E-state index contributed by atoms with van der Waals surface area (Å²) in [4.78, 5) is 40.4. The highest BCUT2D eigenvalue weighted by Crippen LogP contribution is 2.24. The molecule has 140 valence electrons. The average molecular weight is 357 g/mol. The maximum atomic E-state index is 12.8. The first-order valence-corrected chi connectivity index (χ1v) is 9.46. The van der Waals surface area contributed by atoms with Crippen LogP contribution in [0.3, 0.4) is 0 Å². The van der Waals surface area contributed by atoms with Gasteiger partial charge in [0.1, 0.15) is 0 Å². The number of benzene rings is 1. The summed E-state index contributed by atoms with van der Waals surface area (Å²) in [5.74, 6) is 0.157. The van der Waals surface area contributed by atoms with Gasteiger partial charge in [-0.3, -0.25) is 14.4 Å². The Morgan fingerprint density at radius 3 is 2.50 bits per heavy atom. The van der Waals surface area contributed by atoms with Crippen molar-refractivity contribution in [3.05, 3.63) is 29.8 Å². The van der Waals surface area contributed by atoms with Gasteiger partial charge in [0.15, 0.2) is 0 Å². The molecule has 6 nitrogen and oxygen atoms in total. The van der Waals surface area contributed by atoms with Crippen molar-refractivity contribution in [1.82, 2.24) is 10.2 Å². The van der Waals surface area contributed by atoms with Crippen molar-refractivity contribution in [2.75, 3.05) is 24.5 Å². The second-order valence-electron chi connectivity index (χ2n) is 7.43. The molecule has 0 radical (unpaired) electrons. The summed E-state index contributed by atoms with van der Waals surface area (Å²) in [6.45, 7) is 5.79. The molecule has 2 heterocycles. The Morgan fingerprint density at radius 2 is 1.88 bits per heavy atom. The van der Waals surface area contributed by atoms with E-state index in [-0.39, 0.29) is 29.7 Å². The van der Waals surface area contributed by atoms with Crippen LogP contribution in [0.25, 0.3) is 0 Å². The minimum Gasteiger partial charge on any atom is -0.354 e. The number of amides is 3. The molecule has 0 spiro atoms. The molecule has 2 saturated heterocycles. The van der Waals surface area contributed by atoms with Crippen LogP contribution >= 0.6 is 0 Å². The Kier molecular flexibility index (Phi) is 5.59. The average Bonchev–Trinajstić information content (AvgIpc) is 3.07. The van der Waals surface area contributed by atoms with Gasteiger partial charge in [-0.1, -0.05) is 6.07 Å². The zero-order chi connectivity index (χ0) is 18.7. The second kappa shape index (κ2) is 7.89. The van der Waals surface area contributed by atoms with Crippen LogP contribution in [0, 0.1) is 5.92 Å². The molecule has 6 heteroatoms. The van der Waals surface area contributed by atoms with E-state index in [1.807, 2.05) is 36.9 Å². The molecule has 0 unspecified atom stereocenters. The minimum absolute atomic E-state index is 0.0185. The fraction of sp³-hybridized carbons (Fsp3) is 0.550. The molecule has 0 bridgehead atoms. The molecule has 0 saturated carbocycles. The normalized spacial score (nSPS) is 18.5. The van der Waals surface area contributed by atoms with Crippen molar-refractivity contribution in [3.63, 3.8) is 0 Å². The highest BCUT2D eigenvalue weighted by Gasteiger charge is 2.28. The lowest BCUT2D eigenvalue weighted by atomic mass is 9.95. The molecule has 0 aliphatic carbocycles. The SMILES string of the molecule is CC(C)NC(=O)C1CCN(C(=O)c2cccc(N3CCCC3=O)c2)CC1. The lowest BCUT2D eigenvalue weighted by Crippen LogP contribution is -2.44. The fourth-order valence-electron chi connectivity index (χ4n) is 3.66. The summed E-state index contributed by atoms with van der Waals surface area (Å²) < 4.78 is 0. The van der Waals surface area contributed by atoms with E-state index in [2.05, 4.69) is 5.32 Å². The first-order valence-electron chi connectivity index (χ1n) is 9.46. The van der Waals surface area contributed by atoms with Gasteiger partial charge in [-0.05, 0) is 51.3 Å². The Morgan fingerprint density at radius 1 is 1.15 bits per heavy atom. The van der Waals surface area contributed by atoms with Crippen molar-refractivity contribution in [1.29, 1.82) is 0 Å². The quantitative estimate of drug-likeness (QED) is 0.898. The maximum absolute atomic E-state index is 12.8. The van der Waals surface area contributed by atoms with Crippen LogP contribution in [0.15, 0.2) is 24.3 Å². The minimum atomic E-state index is -0.0267. The predicted octanol–water partition coefficient (Wildman–Crippen LogP) is 2.19. The van der Waals surface area contributed by atoms with E-state index in [0.717, 1.165) is 12.1 Å². The maximum Gasteiger partial charge on any atom is 0.253 e.